The second-order valence-corrected chi connectivity index (χ2v) is 6.88. The zero-order valence-corrected chi connectivity index (χ0v) is 16.1. The number of primary amides is 1. The number of rotatable bonds is 9. The lowest BCUT2D eigenvalue weighted by atomic mass is 10.0. The van der Waals surface area contributed by atoms with Crippen LogP contribution in [0.3, 0.4) is 0 Å². The average Bonchev–Trinajstić information content (AvgIpc) is 3.17. The highest BCUT2D eigenvalue weighted by Crippen LogP contribution is 2.32. The van der Waals surface area contributed by atoms with Gasteiger partial charge in [0.05, 0.1) is 18.8 Å². The van der Waals surface area contributed by atoms with Gasteiger partial charge in [-0.05, 0) is 55.2 Å². The summed E-state index contributed by atoms with van der Waals surface area (Å²) in [4.78, 5) is 11.5. The first kappa shape index (κ1) is 20.0. The van der Waals surface area contributed by atoms with Crippen molar-refractivity contribution in [2.24, 2.45) is 5.73 Å². The maximum absolute atomic E-state index is 11.5. The van der Waals surface area contributed by atoms with E-state index in [1.165, 1.54) is 12.7 Å². The molecular weight excluding hydrogens is 360 g/mol. The summed E-state index contributed by atoms with van der Waals surface area (Å²) in [6.45, 7) is 2.72. The normalized spacial score (nSPS) is 14.5. The van der Waals surface area contributed by atoms with E-state index in [0.29, 0.717) is 17.9 Å². The smallest absolute Gasteiger partial charge is 0.252 e. The zero-order valence-electron chi connectivity index (χ0n) is 16.1. The predicted molar refractivity (Wildman–Crippen MR) is 105 cm³/mol. The Labute approximate surface area is 164 Å². The summed E-state index contributed by atoms with van der Waals surface area (Å²) >= 11 is 0. The molecule has 2 atom stereocenters. The molecule has 1 heterocycles. The monoisotopic (exact) mass is 386 g/mol. The number of nitrogens with two attached hydrogens (primary N) is 1. The highest BCUT2D eigenvalue weighted by molar-refractivity contribution is 5.95. The third kappa shape index (κ3) is 4.74. The van der Waals surface area contributed by atoms with Crippen LogP contribution in [0.15, 0.2) is 36.4 Å². The number of hydrogen-bond acceptors (Lipinski definition) is 6. The van der Waals surface area contributed by atoms with Gasteiger partial charge in [0, 0.05) is 12.6 Å². The SMILES string of the molecule is COc1ccc(C(O)CNC(C)CCc2ccc3c(c2)OCO3)cc1C(N)=O. The Morgan fingerprint density at radius 2 is 2.04 bits per heavy atom. The molecule has 1 amide bonds. The molecule has 0 saturated heterocycles. The number of methoxy groups -OCH3 is 1. The number of nitrogens with one attached hydrogen (secondary N) is 1. The molecule has 4 N–H and O–H groups in total. The Kier molecular flexibility index (Phi) is 6.38. The van der Waals surface area contributed by atoms with Crippen molar-refractivity contribution in [3.05, 3.63) is 53.1 Å². The Morgan fingerprint density at radius 3 is 2.79 bits per heavy atom. The molecule has 2 aromatic carbocycles. The molecule has 1 aliphatic rings. The zero-order chi connectivity index (χ0) is 20.1. The number of carbonyl (C=O) groups is 1. The molecule has 7 nitrogen and oxygen atoms in total. The molecule has 2 aromatic rings. The van der Waals surface area contributed by atoms with Crippen LogP contribution in [0.1, 0.15) is 40.9 Å². The largest absolute Gasteiger partial charge is 0.496 e. The van der Waals surface area contributed by atoms with E-state index in [2.05, 4.69) is 12.2 Å². The molecular formula is C21H26N2O5. The summed E-state index contributed by atoms with van der Waals surface area (Å²) in [5.74, 6) is 1.38. The van der Waals surface area contributed by atoms with Crippen LogP contribution in [0.2, 0.25) is 0 Å². The van der Waals surface area contributed by atoms with Gasteiger partial charge in [-0.2, -0.15) is 0 Å². The van der Waals surface area contributed by atoms with Gasteiger partial charge in [-0.15, -0.1) is 0 Å². The van der Waals surface area contributed by atoms with Gasteiger partial charge in [0.25, 0.3) is 5.91 Å². The fraction of sp³-hybridized carbons (Fsp3) is 0.381. The van der Waals surface area contributed by atoms with Gasteiger partial charge in [0.1, 0.15) is 5.75 Å². The number of ether oxygens (including phenoxy) is 3. The number of carbonyl (C=O) groups excluding carboxylic acids is 1. The van der Waals surface area contributed by atoms with Gasteiger partial charge in [-0.25, -0.2) is 0 Å². The minimum atomic E-state index is -0.753. The summed E-state index contributed by atoms with van der Waals surface area (Å²) in [5, 5.41) is 13.8. The van der Waals surface area contributed by atoms with E-state index in [1.54, 1.807) is 18.2 Å². The first-order chi connectivity index (χ1) is 13.5. The van der Waals surface area contributed by atoms with Crippen molar-refractivity contribution < 1.29 is 24.1 Å². The third-order valence-corrected chi connectivity index (χ3v) is 4.84. The Bertz CT molecular complexity index is 840. The summed E-state index contributed by atoms with van der Waals surface area (Å²) < 4.78 is 15.9. The van der Waals surface area contributed by atoms with Gasteiger partial charge in [-0.3, -0.25) is 4.79 Å². The van der Waals surface area contributed by atoms with Crippen LogP contribution in [0.4, 0.5) is 0 Å². The van der Waals surface area contributed by atoms with E-state index in [9.17, 15) is 9.90 Å². The highest BCUT2D eigenvalue weighted by Gasteiger charge is 2.16. The number of aryl methyl sites for hydroxylation is 1. The molecule has 1 aliphatic heterocycles. The fourth-order valence-corrected chi connectivity index (χ4v) is 3.14. The topological polar surface area (TPSA) is 103 Å². The van der Waals surface area contributed by atoms with E-state index >= 15 is 0 Å². The number of benzene rings is 2. The predicted octanol–water partition coefficient (Wildman–Crippen LogP) is 2.17. The molecule has 3 rings (SSSR count). The minimum absolute atomic E-state index is 0.203. The van der Waals surface area contributed by atoms with Crippen molar-refractivity contribution in [2.45, 2.75) is 31.9 Å². The van der Waals surface area contributed by atoms with Crippen LogP contribution in [-0.4, -0.2) is 37.5 Å². The lowest BCUT2D eigenvalue weighted by molar-refractivity contribution is 0.0997. The van der Waals surface area contributed by atoms with Gasteiger partial charge in [0.2, 0.25) is 6.79 Å². The molecule has 28 heavy (non-hydrogen) atoms. The van der Waals surface area contributed by atoms with Crippen LogP contribution in [-0.2, 0) is 6.42 Å². The molecule has 0 radical (unpaired) electrons. The van der Waals surface area contributed by atoms with Crippen LogP contribution in [0.5, 0.6) is 17.2 Å². The molecule has 0 fully saturated rings. The first-order valence-electron chi connectivity index (χ1n) is 9.25. The average molecular weight is 386 g/mol. The standard InChI is InChI=1S/C21H26N2O5/c1-13(3-4-14-5-7-19-20(9-14)28-12-27-19)23-11-17(24)15-6-8-18(26-2)16(10-15)21(22)25/h5-10,13,17,23-24H,3-4,11-12H2,1-2H3,(H2,22,25). The number of hydrogen-bond donors (Lipinski definition) is 3. The highest BCUT2D eigenvalue weighted by atomic mass is 16.7. The van der Waals surface area contributed by atoms with Crippen molar-refractivity contribution in [3.8, 4) is 17.2 Å². The molecule has 0 aromatic heterocycles. The summed E-state index contributed by atoms with van der Waals surface area (Å²) in [6, 6.07) is 11.1. The van der Waals surface area contributed by atoms with E-state index in [1.807, 2.05) is 18.2 Å². The fourth-order valence-electron chi connectivity index (χ4n) is 3.14. The molecule has 0 spiro atoms. The Hall–Kier alpha value is -2.77. The van der Waals surface area contributed by atoms with E-state index in [0.717, 1.165) is 24.3 Å². The molecule has 7 heteroatoms. The maximum Gasteiger partial charge on any atom is 0.252 e. The minimum Gasteiger partial charge on any atom is -0.496 e. The van der Waals surface area contributed by atoms with Gasteiger partial charge in [-0.1, -0.05) is 12.1 Å². The number of aliphatic hydroxyl groups excluding tert-OH is 1. The second kappa shape index (κ2) is 8.95. The van der Waals surface area contributed by atoms with Crippen molar-refractivity contribution in [1.82, 2.24) is 5.32 Å². The van der Waals surface area contributed by atoms with Gasteiger partial charge in [0.15, 0.2) is 11.5 Å². The third-order valence-electron chi connectivity index (χ3n) is 4.84. The molecule has 0 aliphatic carbocycles. The van der Waals surface area contributed by atoms with Crippen molar-refractivity contribution in [3.63, 3.8) is 0 Å². The van der Waals surface area contributed by atoms with E-state index < -0.39 is 12.0 Å². The van der Waals surface area contributed by atoms with Gasteiger partial charge >= 0.3 is 0 Å². The van der Waals surface area contributed by atoms with Crippen LogP contribution < -0.4 is 25.3 Å². The summed E-state index contributed by atoms with van der Waals surface area (Å²) in [7, 11) is 1.47. The molecule has 0 saturated carbocycles. The molecule has 0 bridgehead atoms. The first-order valence-corrected chi connectivity index (χ1v) is 9.25. The van der Waals surface area contributed by atoms with E-state index in [4.69, 9.17) is 19.9 Å². The van der Waals surface area contributed by atoms with E-state index in [-0.39, 0.29) is 18.4 Å². The van der Waals surface area contributed by atoms with Crippen molar-refractivity contribution >= 4 is 5.91 Å². The molecule has 2 unspecified atom stereocenters. The Morgan fingerprint density at radius 1 is 1.25 bits per heavy atom. The van der Waals surface area contributed by atoms with Crippen molar-refractivity contribution in [2.75, 3.05) is 20.4 Å². The Balaban J connectivity index is 1.50. The lowest BCUT2D eigenvalue weighted by Gasteiger charge is -2.18. The summed E-state index contributed by atoms with van der Waals surface area (Å²) in [5.41, 5.74) is 7.43. The van der Waals surface area contributed by atoms with Crippen LogP contribution in [0.25, 0.3) is 0 Å². The van der Waals surface area contributed by atoms with Crippen LogP contribution >= 0.6 is 0 Å². The lowest BCUT2D eigenvalue weighted by Crippen LogP contribution is -2.31. The number of aliphatic hydroxyl groups is 1. The summed E-state index contributed by atoms with van der Waals surface area (Å²) in [6.07, 6.45) is 1.04. The van der Waals surface area contributed by atoms with Crippen molar-refractivity contribution in [1.29, 1.82) is 0 Å². The van der Waals surface area contributed by atoms with Crippen LogP contribution in [0, 0.1) is 0 Å². The van der Waals surface area contributed by atoms with Gasteiger partial charge < -0.3 is 30.4 Å². The maximum atomic E-state index is 11.5. The quantitative estimate of drug-likeness (QED) is 0.610. The number of fused-ring (bicyclic) bond motifs is 1. The molecule has 150 valence electrons. The number of amides is 1. The second-order valence-electron chi connectivity index (χ2n) is 6.88.